The average molecular weight is 787 g/mol. The number of carbonyl (C=O) groups is 4. The van der Waals surface area contributed by atoms with E-state index in [-0.39, 0.29) is 72.4 Å². The van der Waals surface area contributed by atoms with Crippen LogP contribution < -0.4 is 5.32 Å². The summed E-state index contributed by atoms with van der Waals surface area (Å²) in [7, 11) is 6.53. The Morgan fingerprint density at radius 1 is 1.02 bits per heavy atom. The van der Waals surface area contributed by atoms with Crippen molar-refractivity contribution in [1.29, 1.82) is 0 Å². The van der Waals surface area contributed by atoms with Crippen molar-refractivity contribution >= 4 is 34.9 Å². The molecule has 55 heavy (non-hydrogen) atoms. The molecule has 308 valence electrons. The Labute approximate surface area is 333 Å². The van der Waals surface area contributed by atoms with Gasteiger partial charge in [0.05, 0.1) is 25.7 Å². The van der Waals surface area contributed by atoms with E-state index in [4.69, 9.17) is 23.9 Å². The van der Waals surface area contributed by atoms with Crippen molar-refractivity contribution in [3.63, 3.8) is 0 Å². The number of thiazole rings is 1. The molecular weight excluding hydrogens is 721 g/mol. The van der Waals surface area contributed by atoms with Crippen LogP contribution in [0.15, 0.2) is 35.7 Å². The van der Waals surface area contributed by atoms with E-state index in [1.165, 1.54) is 18.4 Å². The van der Waals surface area contributed by atoms with Gasteiger partial charge in [0.25, 0.3) is 5.91 Å². The van der Waals surface area contributed by atoms with Crippen molar-refractivity contribution in [1.82, 2.24) is 20.1 Å². The number of hydrogen-bond donors (Lipinski definition) is 1. The fourth-order valence-corrected chi connectivity index (χ4v) is 8.34. The van der Waals surface area contributed by atoms with Gasteiger partial charge in [0.2, 0.25) is 5.91 Å². The summed E-state index contributed by atoms with van der Waals surface area (Å²) < 4.78 is 22.0. The van der Waals surface area contributed by atoms with Crippen molar-refractivity contribution in [2.75, 3.05) is 54.9 Å². The summed E-state index contributed by atoms with van der Waals surface area (Å²) in [6.45, 7) is 11.7. The monoisotopic (exact) mass is 786 g/mol. The molecule has 1 fully saturated rings. The lowest BCUT2D eigenvalue weighted by Crippen LogP contribution is -2.50. The molecule has 1 aliphatic rings. The average Bonchev–Trinajstić information content (AvgIpc) is 3.68. The standard InChI is InChI=1S/C42H66N4O8S/c1-10-29(4)33(24-37(47)35-18-14-15-19-45(35)6)41(49)46(20-21-51-7)36(28(2)3)25-38(54-27-52-8)40-44-34(26-55-40)39(48)43-32(22-30(5)42(50)53-9)23-31-16-12-11-13-17-31/h11-13,16-17,26,28-30,32-33,35-36,38H,10,14-15,18-25,27H2,1-9H3,(H,43,48). The largest absolute Gasteiger partial charge is 0.469 e. The van der Waals surface area contributed by atoms with Gasteiger partial charge in [-0.15, -0.1) is 11.3 Å². The van der Waals surface area contributed by atoms with Crippen LogP contribution in [-0.2, 0) is 39.8 Å². The third kappa shape index (κ3) is 14.0. The fourth-order valence-electron chi connectivity index (χ4n) is 7.48. The maximum absolute atomic E-state index is 14.7. The molecule has 1 aromatic carbocycles. The number of amides is 2. The lowest BCUT2D eigenvalue weighted by molar-refractivity contribution is -0.146. The number of piperidine rings is 1. The lowest BCUT2D eigenvalue weighted by Gasteiger charge is -2.40. The number of carbonyl (C=O) groups excluding carboxylic acids is 4. The summed E-state index contributed by atoms with van der Waals surface area (Å²) in [5, 5.41) is 5.40. The van der Waals surface area contributed by atoms with E-state index in [9.17, 15) is 19.2 Å². The molecule has 1 aromatic heterocycles. The Hall–Kier alpha value is -3.23. The van der Waals surface area contributed by atoms with Gasteiger partial charge < -0.3 is 29.2 Å². The molecule has 7 unspecified atom stereocenters. The molecule has 1 N–H and O–H groups in total. The number of ether oxygens (including phenoxy) is 4. The molecule has 13 heteroatoms. The van der Waals surface area contributed by atoms with E-state index in [0.29, 0.717) is 37.4 Å². The summed E-state index contributed by atoms with van der Waals surface area (Å²) in [5.41, 5.74) is 1.27. The first-order valence-electron chi connectivity index (χ1n) is 19.9. The molecular formula is C42H66N4O8S. The lowest BCUT2D eigenvalue weighted by atomic mass is 9.82. The van der Waals surface area contributed by atoms with Crippen molar-refractivity contribution in [2.45, 2.75) is 110 Å². The van der Waals surface area contributed by atoms with E-state index in [1.807, 2.05) is 42.3 Å². The van der Waals surface area contributed by atoms with Crippen molar-refractivity contribution in [3.8, 4) is 0 Å². The summed E-state index contributed by atoms with van der Waals surface area (Å²) in [5.74, 6) is -1.46. The predicted molar refractivity (Wildman–Crippen MR) is 215 cm³/mol. The molecule has 2 heterocycles. The maximum atomic E-state index is 14.7. The molecule has 1 aliphatic heterocycles. The van der Waals surface area contributed by atoms with Gasteiger partial charge in [-0.05, 0) is 56.7 Å². The third-order valence-corrected chi connectivity index (χ3v) is 11.9. The number of rotatable bonds is 24. The Kier molecular flexibility index (Phi) is 19.9. The van der Waals surface area contributed by atoms with E-state index in [1.54, 1.807) is 26.5 Å². The molecule has 0 aliphatic carbocycles. The zero-order chi connectivity index (χ0) is 40.5. The number of likely N-dealkylation sites (N-methyl/N-ethyl adjacent to an activating group) is 1. The molecule has 12 nitrogen and oxygen atoms in total. The molecule has 7 atom stereocenters. The van der Waals surface area contributed by atoms with Gasteiger partial charge >= 0.3 is 5.97 Å². The first kappa shape index (κ1) is 46.2. The third-order valence-electron chi connectivity index (χ3n) is 11.0. The van der Waals surface area contributed by atoms with E-state index in [0.717, 1.165) is 37.8 Å². The molecule has 0 saturated carbocycles. The number of benzene rings is 1. The minimum absolute atomic E-state index is 0.00472. The molecule has 1 saturated heterocycles. The van der Waals surface area contributed by atoms with Crippen LogP contribution in [0, 0.1) is 23.7 Å². The van der Waals surface area contributed by atoms with Gasteiger partial charge in [-0.1, -0.05) is 77.8 Å². The maximum Gasteiger partial charge on any atom is 0.308 e. The molecule has 0 radical (unpaired) electrons. The van der Waals surface area contributed by atoms with Crippen LogP contribution >= 0.6 is 11.3 Å². The summed E-state index contributed by atoms with van der Waals surface area (Å²) in [6.07, 6.45) is 4.63. The zero-order valence-electron chi connectivity index (χ0n) is 34.6. The van der Waals surface area contributed by atoms with Crippen LogP contribution in [0.1, 0.15) is 107 Å². The summed E-state index contributed by atoms with van der Waals surface area (Å²) >= 11 is 1.32. The number of aromatic nitrogens is 1. The normalized spacial score (nSPS) is 18.2. The second kappa shape index (κ2) is 23.7. The number of ketones is 1. The second-order valence-corrected chi connectivity index (χ2v) is 16.3. The van der Waals surface area contributed by atoms with Crippen LogP contribution in [-0.4, -0.2) is 111 Å². The Bertz CT molecular complexity index is 1470. The van der Waals surface area contributed by atoms with Crippen molar-refractivity contribution < 1.29 is 38.1 Å². The van der Waals surface area contributed by atoms with Gasteiger partial charge in [-0.3, -0.25) is 24.1 Å². The highest BCUT2D eigenvalue weighted by Gasteiger charge is 2.38. The zero-order valence-corrected chi connectivity index (χ0v) is 35.4. The fraction of sp³-hybridized carbons (Fsp3) is 0.690. The number of Topliss-reactive ketones (excluding diaryl/α,β-unsaturated/α-hetero) is 1. The van der Waals surface area contributed by atoms with Crippen LogP contribution in [0.25, 0.3) is 0 Å². The topological polar surface area (TPSA) is 137 Å². The number of nitrogens with one attached hydrogen (secondary N) is 1. The highest BCUT2D eigenvalue weighted by Crippen LogP contribution is 2.33. The van der Waals surface area contributed by atoms with E-state index in [2.05, 4.69) is 37.9 Å². The number of nitrogens with zero attached hydrogens (tertiary/aromatic N) is 3. The number of methoxy groups -OCH3 is 3. The molecule has 3 rings (SSSR count). The summed E-state index contributed by atoms with van der Waals surface area (Å²) in [4.78, 5) is 63.3. The van der Waals surface area contributed by atoms with E-state index >= 15 is 0 Å². The van der Waals surface area contributed by atoms with Crippen molar-refractivity contribution in [3.05, 3.63) is 52.0 Å². The first-order chi connectivity index (χ1) is 26.3. The predicted octanol–water partition coefficient (Wildman–Crippen LogP) is 6.34. The first-order valence-corrected chi connectivity index (χ1v) is 20.7. The number of hydrogen-bond acceptors (Lipinski definition) is 11. The molecule has 0 bridgehead atoms. The van der Waals surface area contributed by atoms with Gasteiger partial charge in [0, 0.05) is 57.0 Å². The Morgan fingerprint density at radius 2 is 1.75 bits per heavy atom. The minimum atomic E-state index is -0.587. The summed E-state index contributed by atoms with van der Waals surface area (Å²) in [6, 6.07) is 9.01. The molecule has 2 aromatic rings. The van der Waals surface area contributed by atoms with Gasteiger partial charge in [0.1, 0.15) is 23.6 Å². The van der Waals surface area contributed by atoms with Gasteiger partial charge in [0.15, 0.2) is 5.78 Å². The number of likely N-dealkylation sites (tertiary alicyclic amines) is 1. The van der Waals surface area contributed by atoms with Gasteiger partial charge in [-0.25, -0.2) is 4.98 Å². The quantitative estimate of drug-likeness (QED) is 0.0949. The molecule has 0 spiro atoms. The second-order valence-electron chi connectivity index (χ2n) is 15.4. The van der Waals surface area contributed by atoms with Crippen LogP contribution in [0.5, 0.6) is 0 Å². The van der Waals surface area contributed by atoms with Gasteiger partial charge in [-0.2, -0.15) is 0 Å². The van der Waals surface area contributed by atoms with Crippen LogP contribution in [0.4, 0.5) is 0 Å². The highest BCUT2D eigenvalue weighted by molar-refractivity contribution is 7.09. The van der Waals surface area contributed by atoms with Crippen LogP contribution in [0.3, 0.4) is 0 Å². The SMILES string of the molecule is CCC(C)C(CC(=O)C1CCCCN1C)C(=O)N(CCOC)C(CC(OCOC)c1nc(C(=O)NC(Cc2ccccc2)CC(C)C(=O)OC)cs1)C(C)C. The Morgan fingerprint density at radius 3 is 2.36 bits per heavy atom. The van der Waals surface area contributed by atoms with E-state index < -0.39 is 17.9 Å². The highest BCUT2D eigenvalue weighted by atomic mass is 32.1. The smallest absolute Gasteiger partial charge is 0.308 e. The minimum Gasteiger partial charge on any atom is -0.469 e. The Balaban J connectivity index is 1.88. The van der Waals surface area contributed by atoms with Crippen LogP contribution in [0.2, 0.25) is 0 Å². The molecule has 2 amide bonds. The number of esters is 1. The van der Waals surface area contributed by atoms with Crippen molar-refractivity contribution in [2.24, 2.45) is 23.7 Å².